The number of carbonyl (C=O) groups is 1. The van der Waals surface area contributed by atoms with Crippen molar-refractivity contribution in [2.24, 2.45) is 0 Å². The first-order valence-corrected chi connectivity index (χ1v) is 12.0. The van der Waals surface area contributed by atoms with Crippen molar-refractivity contribution in [1.29, 1.82) is 0 Å². The van der Waals surface area contributed by atoms with E-state index in [1.54, 1.807) is 27.4 Å². The lowest BCUT2D eigenvalue weighted by atomic mass is 9.95. The van der Waals surface area contributed by atoms with Crippen LogP contribution in [-0.2, 0) is 11.2 Å². The summed E-state index contributed by atoms with van der Waals surface area (Å²) in [5, 5.41) is 3.06. The second kappa shape index (κ2) is 10.4. The van der Waals surface area contributed by atoms with Crippen LogP contribution in [0.2, 0.25) is 0 Å². The van der Waals surface area contributed by atoms with Crippen LogP contribution >= 0.6 is 0 Å². The van der Waals surface area contributed by atoms with E-state index in [2.05, 4.69) is 10.2 Å². The molecule has 1 amide bonds. The number of hydrogen-bond donors (Lipinski definition) is 1. The number of hydrogen-bond acceptors (Lipinski definition) is 6. The number of nitrogens with zero attached hydrogens (tertiary/aromatic N) is 1. The van der Waals surface area contributed by atoms with Gasteiger partial charge in [0.2, 0.25) is 17.1 Å². The Labute approximate surface area is 201 Å². The fourth-order valence-electron chi connectivity index (χ4n) is 5.27. The summed E-state index contributed by atoms with van der Waals surface area (Å²) >= 11 is 0. The van der Waals surface area contributed by atoms with E-state index < -0.39 is 0 Å². The molecule has 2 aliphatic rings. The Hall–Kier alpha value is -3.22. The minimum atomic E-state index is -0.293. The predicted octanol–water partition coefficient (Wildman–Crippen LogP) is 4.24. The van der Waals surface area contributed by atoms with E-state index >= 15 is 0 Å². The highest BCUT2D eigenvalue weighted by atomic mass is 16.5. The van der Waals surface area contributed by atoms with E-state index in [4.69, 9.17) is 14.2 Å². The topological polar surface area (TPSA) is 77.1 Å². The van der Waals surface area contributed by atoms with E-state index in [-0.39, 0.29) is 17.4 Å². The molecule has 4 rings (SSSR count). The first-order chi connectivity index (χ1) is 16.5. The lowest BCUT2D eigenvalue weighted by Crippen LogP contribution is -2.29. The molecule has 1 aliphatic heterocycles. The summed E-state index contributed by atoms with van der Waals surface area (Å²) in [6.45, 7) is 3.27. The van der Waals surface area contributed by atoms with E-state index in [1.165, 1.54) is 19.8 Å². The van der Waals surface area contributed by atoms with Gasteiger partial charge >= 0.3 is 0 Å². The third kappa shape index (κ3) is 4.56. The van der Waals surface area contributed by atoms with Gasteiger partial charge < -0.3 is 24.4 Å². The summed E-state index contributed by atoms with van der Waals surface area (Å²) in [6, 6.07) is 7.32. The second-order valence-electron chi connectivity index (χ2n) is 8.97. The fraction of sp³-hybridized carbons (Fsp3) is 0.481. The highest BCUT2D eigenvalue weighted by Gasteiger charge is 2.29. The molecule has 0 saturated carbocycles. The molecule has 0 radical (unpaired) electrons. The normalized spacial score (nSPS) is 17.5. The molecule has 2 aromatic rings. The maximum absolute atomic E-state index is 13.5. The van der Waals surface area contributed by atoms with Crippen LogP contribution in [0.1, 0.15) is 56.2 Å². The molecule has 0 bridgehead atoms. The van der Waals surface area contributed by atoms with Crippen LogP contribution in [0, 0.1) is 0 Å². The maximum Gasteiger partial charge on any atom is 0.217 e. The largest absolute Gasteiger partial charge is 0.493 e. The molecular formula is C27H34N2O5. The maximum atomic E-state index is 13.5. The van der Waals surface area contributed by atoms with Crippen molar-refractivity contribution in [2.75, 3.05) is 39.3 Å². The summed E-state index contributed by atoms with van der Waals surface area (Å²) in [5.41, 5.74) is 4.24. The van der Waals surface area contributed by atoms with Gasteiger partial charge in [-0.05, 0) is 60.6 Å². The molecule has 182 valence electrons. The van der Waals surface area contributed by atoms with Crippen LogP contribution in [0.3, 0.4) is 0 Å². The van der Waals surface area contributed by atoms with E-state index in [0.29, 0.717) is 35.8 Å². The van der Waals surface area contributed by atoms with Crippen LogP contribution in [0.25, 0.3) is 11.1 Å². The molecule has 2 aromatic carbocycles. The van der Waals surface area contributed by atoms with Crippen molar-refractivity contribution < 1.29 is 19.0 Å². The number of rotatable bonds is 5. The lowest BCUT2D eigenvalue weighted by Gasteiger charge is -2.21. The van der Waals surface area contributed by atoms with Crippen molar-refractivity contribution in [3.05, 3.63) is 45.6 Å². The standard InChI is InChI=1S/C27H34N2O5/c1-17(30)28-21-11-9-18-15-24(32-2)26(33-3)27(34-4)25(18)19-10-12-22(23(31)16-20(19)21)29-13-7-5-6-8-14-29/h10,12,15-16,21H,5-9,11,13-14H2,1-4H3,(H,28,30)/t21-/m1/s1. The SMILES string of the molecule is COc1cc2c(c(OC)c1OC)-c1ccc(N3CCCCCC3)c(=O)cc1[C@H](NC(C)=O)CC2. The number of aryl methyl sites for hydroxylation is 1. The number of amides is 1. The number of carbonyl (C=O) groups excluding carboxylic acids is 1. The Balaban J connectivity index is 1.99. The summed E-state index contributed by atoms with van der Waals surface area (Å²) < 4.78 is 17.1. The van der Waals surface area contributed by atoms with Gasteiger partial charge in [-0.3, -0.25) is 9.59 Å². The Bertz CT molecular complexity index is 1120. The fourth-order valence-corrected chi connectivity index (χ4v) is 5.27. The summed E-state index contributed by atoms with van der Waals surface area (Å²) in [7, 11) is 4.80. The summed E-state index contributed by atoms with van der Waals surface area (Å²) in [5.74, 6) is 1.54. The first-order valence-electron chi connectivity index (χ1n) is 12.0. The van der Waals surface area contributed by atoms with Gasteiger partial charge in [-0.1, -0.05) is 18.9 Å². The van der Waals surface area contributed by atoms with Crippen LogP contribution < -0.4 is 29.9 Å². The van der Waals surface area contributed by atoms with Crippen LogP contribution in [0.5, 0.6) is 17.2 Å². The molecule has 7 heteroatoms. The Morgan fingerprint density at radius 1 is 0.971 bits per heavy atom. The molecule has 1 heterocycles. The molecule has 1 saturated heterocycles. The van der Waals surface area contributed by atoms with Gasteiger partial charge in [-0.2, -0.15) is 0 Å². The lowest BCUT2D eigenvalue weighted by molar-refractivity contribution is -0.119. The number of methoxy groups -OCH3 is 3. The van der Waals surface area contributed by atoms with Gasteiger partial charge in [0.1, 0.15) is 0 Å². The summed E-state index contributed by atoms with van der Waals surface area (Å²) in [6.07, 6.45) is 5.89. The van der Waals surface area contributed by atoms with Gasteiger partial charge in [0.25, 0.3) is 0 Å². The van der Waals surface area contributed by atoms with Crippen molar-refractivity contribution in [1.82, 2.24) is 5.32 Å². The number of anilines is 1. The van der Waals surface area contributed by atoms with Crippen molar-refractivity contribution >= 4 is 11.6 Å². The first kappa shape index (κ1) is 23.9. The summed E-state index contributed by atoms with van der Waals surface area (Å²) in [4.78, 5) is 27.8. The van der Waals surface area contributed by atoms with Crippen LogP contribution in [-0.4, -0.2) is 40.3 Å². The van der Waals surface area contributed by atoms with E-state index in [1.807, 2.05) is 18.2 Å². The molecule has 7 nitrogen and oxygen atoms in total. The molecule has 1 atom stereocenters. The van der Waals surface area contributed by atoms with Crippen molar-refractivity contribution in [3.63, 3.8) is 0 Å². The average molecular weight is 467 g/mol. The average Bonchev–Trinajstić information content (AvgIpc) is 3.24. The van der Waals surface area contributed by atoms with Gasteiger partial charge in [0.15, 0.2) is 11.5 Å². The van der Waals surface area contributed by atoms with Crippen LogP contribution in [0.4, 0.5) is 5.69 Å². The third-order valence-electron chi connectivity index (χ3n) is 6.84. The van der Waals surface area contributed by atoms with Crippen molar-refractivity contribution in [2.45, 2.75) is 51.5 Å². The predicted molar refractivity (Wildman–Crippen MR) is 133 cm³/mol. The molecule has 0 spiro atoms. The number of ether oxygens (including phenoxy) is 3. The Kier molecular flexibility index (Phi) is 7.29. The number of nitrogens with one attached hydrogen (secondary N) is 1. The highest BCUT2D eigenvalue weighted by molar-refractivity contribution is 5.83. The Morgan fingerprint density at radius 3 is 2.29 bits per heavy atom. The molecule has 1 fully saturated rings. The monoisotopic (exact) mass is 466 g/mol. The molecule has 1 aliphatic carbocycles. The number of benzene rings is 1. The van der Waals surface area contributed by atoms with E-state index in [9.17, 15) is 9.59 Å². The third-order valence-corrected chi connectivity index (χ3v) is 6.84. The molecule has 34 heavy (non-hydrogen) atoms. The zero-order valence-electron chi connectivity index (χ0n) is 20.5. The Morgan fingerprint density at radius 2 is 1.68 bits per heavy atom. The molecule has 0 aromatic heterocycles. The number of fused-ring (bicyclic) bond motifs is 3. The van der Waals surface area contributed by atoms with Crippen molar-refractivity contribution in [3.8, 4) is 28.4 Å². The molecule has 1 N–H and O–H groups in total. The molecular weight excluding hydrogens is 432 g/mol. The molecule has 0 unspecified atom stereocenters. The van der Waals surface area contributed by atoms with Gasteiger partial charge in [0, 0.05) is 25.6 Å². The smallest absolute Gasteiger partial charge is 0.217 e. The zero-order chi connectivity index (χ0) is 24.2. The zero-order valence-corrected chi connectivity index (χ0v) is 20.5. The van der Waals surface area contributed by atoms with Crippen LogP contribution in [0.15, 0.2) is 29.1 Å². The minimum Gasteiger partial charge on any atom is -0.493 e. The van der Waals surface area contributed by atoms with E-state index in [0.717, 1.165) is 48.2 Å². The van der Waals surface area contributed by atoms with Gasteiger partial charge in [-0.15, -0.1) is 0 Å². The van der Waals surface area contributed by atoms with Gasteiger partial charge in [-0.25, -0.2) is 0 Å². The van der Waals surface area contributed by atoms with Gasteiger partial charge in [0.05, 0.1) is 33.1 Å². The quantitative estimate of drug-likeness (QED) is 0.710. The second-order valence-corrected chi connectivity index (χ2v) is 8.97. The minimum absolute atomic E-state index is 0.0265. The highest BCUT2D eigenvalue weighted by Crippen LogP contribution is 2.50.